The molecule has 0 aliphatic rings. The van der Waals surface area contributed by atoms with Crippen molar-refractivity contribution in [2.45, 2.75) is 51.7 Å². The summed E-state index contributed by atoms with van der Waals surface area (Å²) < 4.78 is 0. The first-order chi connectivity index (χ1) is 10.7. The number of rotatable bonds is 8. The van der Waals surface area contributed by atoms with Crippen molar-refractivity contribution in [2.75, 3.05) is 0 Å². The molecule has 2 aromatic rings. The number of aryl methyl sites for hydroxylation is 1. The first-order valence-electron chi connectivity index (χ1n) is 8.19. The quantitative estimate of drug-likeness (QED) is 0.574. The van der Waals surface area contributed by atoms with Gasteiger partial charge in [-0.2, -0.15) is 0 Å². The van der Waals surface area contributed by atoms with E-state index in [0.29, 0.717) is 6.42 Å². The summed E-state index contributed by atoms with van der Waals surface area (Å²) in [5.41, 5.74) is 4.77. The van der Waals surface area contributed by atoms with Gasteiger partial charge in [-0.3, -0.25) is 0 Å². The summed E-state index contributed by atoms with van der Waals surface area (Å²) in [7, 11) is 0. The smallest absolute Gasteiger partial charge is 0.155 e. The van der Waals surface area contributed by atoms with E-state index in [1.54, 1.807) is 0 Å². The van der Waals surface area contributed by atoms with E-state index >= 15 is 0 Å². The van der Waals surface area contributed by atoms with Gasteiger partial charge in [0.25, 0.3) is 0 Å². The fourth-order valence-electron chi connectivity index (χ4n) is 2.79. The van der Waals surface area contributed by atoms with E-state index in [4.69, 9.17) is 0 Å². The van der Waals surface area contributed by atoms with Gasteiger partial charge in [-0.25, -0.2) is 0 Å². The molecule has 0 spiro atoms. The maximum Gasteiger partial charge on any atom is 0.155 e. The van der Waals surface area contributed by atoms with Crippen LogP contribution >= 0.6 is 0 Å². The lowest BCUT2D eigenvalue weighted by molar-refractivity contribution is -0.0382. The number of benzene rings is 2. The van der Waals surface area contributed by atoms with Crippen molar-refractivity contribution >= 4 is 0 Å². The number of aliphatic hydroxyl groups is 2. The first-order valence-corrected chi connectivity index (χ1v) is 8.19. The van der Waals surface area contributed by atoms with Gasteiger partial charge in [-0.1, -0.05) is 68.3 Å². The van der Waals surface area contributed by atoms with Gasteiger partial charge in [-0.15, -0.1) is 0 Å². The normalized spacial score (nSPS) is 11.1. The van der Waals surface area contributed by atoms with Crippen LogP contribution in [0.3, 0.4) is 0 Å². The van der Waals surface area contributed by atoms with E-state index in [-0.39, 0.29) is 0 Å². The second-order valence-corrected chi connectivity index (χ2v) is 5.91. The van der Waals surface area contributed by atoms with Crippen LogP contribution < -0.4 is 0 Å². The molecule has 2 rings (SSSR count). The maximum atomic E-state index is 9.36. The Bertz CT molecular complexity index is 561. The molecule has 0 saturated carbocycles. The molecule has 0 bridgehead atoms. The molecular weight excluding hydrogens is 272 g/mol. The average molecular weight is 298 g/mol. The largest absolute Gasteiger partial charge is 0.368 e. The van der Waals surface area contributed by atoms with Crippen molar-refractivity contribution < 1.29 is 10.2 Å². The summed E-state index contributed by atoms with van der Waals surface area (Å²) in [6.07, 6.45) is 4.55. The minimum absolute atomic E-state index is 0.295. The average Bonchev–Trinajstić information content (AvgIpc) is 2.50. The Labute approximate surface area is 133 Å². The second kappa shape index (κ2) is 8.72. The Morgan fingerprint density at radius 1 is 0.864 bits per heavy atom. The molecule has 2 nitrogen and oxygen atoms in total. The summed E-state index contributed by atoms with van der Waals surface area (Å²) >= 11 is 0. The van der Waals surface area contributed by atoms with Gasteiger partial charge < -0.3 is 10.2 Å². The standard InChI is InChI=1S/C20H26O2/c1-2-3-5-8-17-11-12-18(19(14-17)15-20(21)22)13-16-9-6-4-7-10-16/h4,6-7,9-12,14,20-22H,2-3,5,8,13,15H2,1H3. The summed E-state index contributed by atoms with van der Waals surface area (Å²) in [6.45, 7) is 2.20. The van der Waals surface area contributed by atoms with Crippen molar-refractivity contribution in [1.82, 2.24) is 0 Å². The lowest BCUT2D eigenvalue weighted by Crippen LogP contribution is -2.11. The molecular formula is C20H26O2. The summed E-state index contributed by atoms with van der Waals surface area (Å²) in [5, 5.41) is 18.7. The third-order valence-corrected chi connectivity index (χ3v) is 3.98. The molecule has 2 N–H and O–H groups in total. The SMILES string of the molecule is CCCCCc1ccc(Cc2ccccc2)c(CC(O)O)c1. The molecule has 2 aromatic carbocycles. The van der Waals surface area contributed by atoms with E-state index in [1.807, 2.05) is 18.2 Å². The molecule has 118 valence electrons. The van der Waals surface area contributed by atoms with Gasteiger partial charge in [-0.05, 0) is 41.5 Å². The van der Waals surface area contributed by atoms with Gasteiger partial charge in [0.15, 0.2) is 6.29 Å². The van der Waals surface area contributed by atoms with Crippen molar-refractivity contribution in [1.29, 1.82) is 0 Å². The lowest BCUT2D eigenvalue weighted by Gasteiger charge is -2.13. The highest BCUT2D eigenvalue weighted by molar-refractivity contribution is 5.36. The number of hydrogen-bond donors (Lipinski definition) is 2. The van der Waals surface area contributed by atoms with Crippen LogP contribution in [0.5, 0.6) is 0 Å². The number of unbranched alkanes of at least 4 members (excludes halogenated alkanes) is 2. The first kappa shape index (κ1) is 16.7. The molecule has 0 unspecified atom stereocenters. The third-order valence-electron chi connectivity index (χ3n) is 3.98. The van der Waals surface area contributed by atoms with Gasteiger partial charge in [0.2, 0.25) is 0 Å². The highest BCUT2D eigenvalue weighted by Gasteiger charge is 2.09. The molecule has 0 aliphatic heterocycles. The van der Waals surface area contributed by atoms with E-state index in [2.05, 4.69) is 37.3 Å². The van der Waals surface area contributed by atoms with Crippen molar-refractivity contribution in [3.05, 3.63) is 70.8 Å². The fourth-order valence-corrected chi connectivity index (χ4v) is 2.79. The topological polar surface area (TPSA) is 40.5 Å². The third kappa shape index (κ3) is 5.28. The van der Waals surface area contributed by atoms with Crippen LogP contribution in [0.4, 0.5) is 0 Å². The minimum atomic E-state index is -1.29. The van der Waals surface area contributed by atoms with Crippen LogP contribution in [0.1, 0.15) is 48.4 Å². The van der Waals surface area contributed by atoms with Gasteiger partial charge >= 0.3 is 0 Å². The fraction of sp³-hybridized carbons (Fsp3) is 0.400. The summed E-state index contributed by atoms with van der Waals surface area (Å²) in [4.78, 5) is 0. The van der Waals surface area contributed by atoms with Crippen LogP contribution in [0, 0.1) is 0 Å². The predicted molar refractivity (Wildman–Crippen MR) is 90.8 cm³/mol. The highest BCUT2D eigenvalue weighted by atomic mass is 16.5. The Morgan fingerprint density at radius 2 is 1.64 bits per heavy atom. The monoisotopic (exact) mass is 298 g/mol. The van der Waals surface area contributed by atoms with E-state index < -0.39 is 6.29 Å². The molecule has 0 radical (unpaired) electrons. The zero-order valence-electron chi connectivity index (χ0n) is 13.3. The molecule has 22 heavy (non-hydrogen) atoms. The van der Waals surface area contributed by atoms with Gasteiger partial charge in [0.1, 0.15) is 0 Å². The maximum absolute atomic E-state index is 9.36. The van der Waals surface area contributed by atoms with Gasteiger partial charge in [0, 0.05) is 6.42 Å². The zero-order valence-corrected chi connectivity index (χ0v) is 13.3. The van der Waals surface area contributed by atoms with Crippen molar-refractivity contribution in [3.63, 3.8) is 0 Å². The molecule has 0 fully saturated rings. The lowest BCUT2D eigenvalue weighted by atomic mass is 9.94. The Morgan fingerprint density at radius 3 is 2.32 bits per heavy atom. The van der Waals surface area contributed by atoms with Crippen LogP contribution in [-0.2, 0) is 19.3 Å². The zero-order chi connectivity index (χ0) is 15.8. The van der Waals surface area contributed by atoms with Crippen LogP contribution in [0.15, 0.2) is 48.5 Å². The summed E-state index contributed by atoms with van der Waals surface area (Å²) in [6, 6.07) is 16.8. The Hall–Kier alpha value is -1.64. The van der Waals surface area contributed by atoms with Crippen molar-refractivity contribution in [3.8, 4) is 0 Å². The van der Waals surface area contributed by atoms with E-state index in [0.717, 1.165) is 18.4 Å². The molecule has 0 saturated heterocycles. The molecule has 0 atom stereocenters. The van der Waals surface area contributed by atoms with E-state index in [1.165, 1.54) is 36.0 Å². The number of aliphatic hydroxyl groups excluding tert-OH is 1. The Balaban J connectivity index is 2.16. The van der Waals surface area contributed by atoms with E-state index in [9.17, 15) is 10.2 Å². The molecule has 0 heterocycles. The van der Waals surface area contributed by atoms with Crippen molar-refractivity contribution in [2.24, 2.45) is 0 Å². The second-order valence-electron chi connectivity index (χ2n) is 5.91. The molecule has 0 aromatic heterocycles. The Kier molecular flexibility index (Phi) is 6.63. The minimum Gasteiger partial charge on any atom is -0.368 e. The van der Waals surface area contributed by atoms with Crippen LogP contribution in [0.25, 0.3) is 0 Å². The van der Waals surface area contributed by atoms with Crippen LogP contribution in [-0.4, -0.2) is 16.5 Å². The highest BCUT2D eigenvalue weighted by Crippen LogP contribution is 2.19. The predicted octanol–water partition coefficient (Wildman–Crippen LogP) is 3.86. The summed E-state index contributed by atoms with van der Waals surface area (Å²) in [5.74, 6) is 0. The molecule has 0 aliphatic carbocycles. The van der Waals surface area contributed by atoms with Gasteiger partial charge in [0.05, 0.1) is 0 Å². The number of hydrogen-bond acceptors (Lipinski definition) is 2. The molecule has 2 heteroatoms. The molecule has 0 amide bonds. The van der Waals surface area contributed by atoms with Crippen LogP contribution in [0.2, 0.25) is 0 Å².